The highest BCUT2D eigenvalue weighted by atomic mass is 79.9. The summed E-state index contributed by atoms with van der Waals surface area (Å²) in [5.41, 5.74) is -0.594. The molecule has 0 saturated heterocycles. The van der Waals surface area contributed by atoms with E-state index in [1.54, 1.807) is 6.92 Å². The molecule has 1 aromatic heterocycles. The minimum Gasteiger partial charge on any atom is -0.334 e. The molecule has 1 heterocycles. The fraction of sp³-hybridized carbons (Fsp3) is 0.250. The van der Waals surface area contributed by atoms with E-state index in [0.29, 0.717) is 11.6 Å². The third-order valence-electron chi connectivity index (χ3n) is 2.59. The maximum atomic E-state index is 13.7. The molecule has 0 aliphatic carbocycles. The lowest BCUT2D eigenvalue weighted by Crippen LogP contribution is -2.28. The summed E-state index contributed by atoms with van der Waals surface area (Å²) in [7, 11) is 1.43. The monoisotopic (exact) mass is 344 g/mol. The second-order valence-corrected chi connectivity index (χ2v) is 5.16. The van der Waals surface area contributed by atoms with Crippen molar-refractivity contribution in [3.05, 3.63) is 45.5 Å². The van der Waals surface area contributed by atoms with Crippen LogP contribution in [0, 0.1) is 18.6 Å². The van der Waals surface area contributed by atoms with Gasteiger partial charge < -0.3 is 4.90 Å². The first-order valence-electron chi connectivity index (χ1n) is 5.66. The van der Waals surface area contributed by atoms with Gasteiger partial charge in [-0.05, 0) is 19.1 Å². The van der Waals surface area contributed by atoms with Crippen LogP contribution < -0.4 is 0 Å². The highest BCUT2D eigenvalue weighted by molar-refractivity contribution is 9.10. The van der Waals surface area contributed by atoms with Crippen molar-refractivity contribution < 1.29 is 13.6 Å². The van der Waals surface area contributed by atoms with Crippen LogP contribution in [-0.4, -0.2) is 33.0 Å². The molecule has 0 atom stereocenters. The first kappa shape index (κ1) is 14.6. The van der Waals surface area contributed by atoms with Crippen LogP contribution in [0.3, 0.4) is 0 Å². The number of amides is 1. The lowest BCUT2D eigenvalue weighted by molar-refractivity contribution is 0.0772. The van der Waals surface area contributed by atoms with Crippen LogP contribution in [-0.2, 0) is 6.54 Å². The molecule has 0 bridgehead atoms. The quantitative estimate of drug-likeness (QED) is 0.930. The van der Waals surface area contributed by atoms with Gasteiger partial charge in [0.05, 0.1) is 6.54 Å². The Morgan fingerprint density at radius 3 is 2.50 bits per heavy atom. The number of carbonyl (C=O) groups excluding carboxylic acids is 1. The number of hydrogen-bond donors (Lipinski definition) is 1. The number of H-pyrrole nitrogens is 1. The van der Waals surface area contributed by atoms with Crippen molar-refractivity contribution in [2.24, 2.45) is 0 Å². The zero-order chi connectivity index (χ0) is 14.9. The smallest absolute Gasteiger partial charge is 0.259 e. The minimum absolute atomic E-state index is 0.0537. The topological polar surface area (TPSA) is 61.9 Å². The summed E-state index contributed by atoms with van der Waals surface area (Å²) < 4.78 is 27.7. The van der Waals surface area contributed by atoms with E-state index < -0.39 is 23.1 Å². The van der Waals surface area contributed by atoms with Gasteiger partial charge in [-0.15, -0.1) is 0 Å². The summed E-state index contributed by atoms with van der Waals surface area (Å²) in [5, 5.41) is 6.50. The van der Waals surface area contributed by atoms with Gasteiger partial charge in [0.1, 0.15) is 23.0 Å². The molecule has 0 aliphatic rings. The SMILES string of the molecule is Cc1nc(CN(C)C(=O)c2c(F)cc(Br)cc2F)n[nH]1. The number of aromatic amines is 1. The molecule has 0 spiro atoms. The second-order valence-electron chi connectivity index (χ2n) is 4.24. The Kier molecular flexibility index (Phi) is 4.12. The molecule has 0 aliphatic heterocycles. The number of halogens is 3. The molecular formula is C12H11BrF2N4O. The molecule has 0 unspecified atom stereocenters. The molecule has 8 heteroatoms. The number of aromatic nitrogens is 3. The van der Waals surface area contributed by atoms with Gasteiger partial charge in [-0.2, -0.15) is 5.10 Å². The number of benzene rings is 1. The average Bonchev–Trinajstić information content (AvgIpc) is 2.73. The van der Waals surface area contributed by atoms with E-state index in [9.17, 15) is 13.6 Å². The molecule has 0 radical (unpaired) electrons. The normalized spacial score (nSPS) is 10.7. The van der Waals surface area contributed by atoms with Crippen molar-refractivity contribution in [1.82, 2.24) is 20.1 Å². The van der Waals surface area contributed by atoms with Crippen LogP contribution in [0.1, 0.15) is 22.0 Å². The summed E-state index contributed by atoms with van der Waals surface area (Å²) in [5.74, 6) is -1.63. The summed E-state index contributed by atoms with van der Waals surface area (Å²) in [6.45, 7) is 1.77. The van der Waals surface area contributed by atoms with Gasteiger partial charge in [0.25, 0.3) is 5.91 Å². The first-order valence-corrected chi connectivity index (χ1v) is 6.45. The van der Waals surface area contributed by atoms with E-state index in [1.807, 2.05) is 0 Å². The maximum absolute atomic E-state index is 13.7. The Morgan fingerprint density at radius 2 is 2.00 bits per heavy atom. The Bertz CT molecular complexity index is 636. The van der Waals surface area contributed by atoms with Gasteiger partial charge in [-0.1, -0.05) is 15.9 Å². The van der Waals surface area contributed by atoms with Gasteiger partial charge in [-0.3, -0.25) is 9.89 Å². The van der Waals surface area contributed by atoms with E-state index in [0.717, 1.165) is 17.0 Å². The van der Waals surface area contributed by atoms with Gasteiger partial charge in [-0.25, -0.2) is 13.8 Å². The van der Waals surface area contributed by atoms with Crippen molar-refractivity contribution in [3.63, 3.8) is 0 Å². The Labute approximate surface area is 122 Å². The van der Waals surface area contributed by atoms with Crippen molar-refractivity contribution in [2.75, 3.05) is 7.05 Å². The van der Waals surface area contributed by atoms with Gasteiger partial charge in [0.2, 0.25) is 0 Å². The summed E-state index contributed by atoms with van der Waals surface area (Å²) in [6, 6.07) is 2.09. The molecule has 20 heavy (non-hydrogen) atoms. The highest BCUT2D eigenvalue weighted by Crippen LogP contribution is 2.20. The van der Waals surface area contributed by atoms with Crippen molar-refractivity contribution in [3.8, 4) is 0 Å². The van der Waals surface area contributed by atoms with Crippen LogP contribution >= 0.6 is 15.9 Å². The van der Waals surface area contributed by atoms with Crippen LogP contribution in [0.15, 0.2) is 16.6 Å². The van der Waals surface area contributed by atoms with Gasteiger partial charge in [0, 0.05) is 11.5 Å². The zero-order valence-corrected chi connectivity index (χ0v) is 12.3. The number of nitrogens with one attached hydrogen (secondary N) is 1. The predicted molar refractivity (Wildman–Crippen MR) is 71.0 cm³/mol. The molecule has 2 rings (SSSR count). The molecule has 0 fully saturated rings. The fourth-order valence-corrected chi connectivity index (χ4v) is 2.08. The van der Waals surface area contributed by atoms with E-state index in [4.69, 9.17) is 0 Å². The van der Waals surface area contributed by atoms with Gasteiger partial charge >= 0.3 is 0 Å². The lowest BCUT2D eigenvalue weighted by Gasteiger charge is -2.16. The van der Waals surface area contributed by atoms with Crippen LogP contribution in [0.2, 0.25) is 0 Å². The highest BCUT2D eigenvalue weighted by Gasteiger charge is 2.22. The standard InChI is InChI=1S/C12H11BrF2N4O/c1-6-16-10(18-17-6)5-19(2)12(20)11-8(14)3-7(13)4-9(11)15/h3-4H,5H2,1-2H3,(H,16,17,18). The second kappa shape index (κ2) is 5.66. The first-order chi connectivity index (χ1) is 9.38. The molecule has 5 nitrogen and oxygen atoms in total. The Morgan fingerprint density at radius 1 is 1.40 bits per heavy atom. The summed E-state index contributed by atoms with van der Waals surface area (Å²) in [6.07, 6.45) is 0. The van der Waals surface area contributed by atoms with Crippen molar-refractivity contribution >= 4 is 21.8 Å². The summed E-state index contributed by atoms with van der Waals surface area (Å²) in [4.78, 5) is 17.3. The maximum Gasteiger partial charge on any atom is 0.259 e. The number of aryl methyl sites for hydroxylation is 1. The molecule has 1 amide bonds. The zero-order valence-electron chi connectivity index (χ0n) is 10.7. The fourth-order valence-electron chi connectivity index (χ4n) is 1.68. The van der Waals surface area contributed by atoms with E-state index in [1.165, 1.54) is 7.05 Å². The van der Waals surface area contributed by atoms with E-state index in [-0.39, 0.29) is 11.0 Å². The number of carbonyl (C=O) groups is 1. The van der Waals surface area contributed by atoms with Crippen molar-refractivity contribution in [1.29, 1.82) is 0 Å². The molecule has 1 N–H and O–H groups in total. The Balaban J connectivity index is 2.23. The van der Waals surface area contributed by atoms with Crippen LogP contribution in [0.4, 0.5) is 8.78 Å². The van der Waals surface area contributed by atoms with Gasteiger partial charge in [0.15, 0.2) is 5.82 Å². The Hall–Kier alpha value is -1.83. The van der Waals surface area contributed by atoms with Crippen LogP contribution in [0.25, 0.3) is 0 Å². The third-order valence-corrected chi connectivity index (χ3v) is 3.05. The predicted octanol–water partition coefficient (Wildman–Crippen LogP) is 2.43. The van der Waals surface area contributed by atoms with E-state index >= 15 is 0 Å². The summed E-state index contributed by atoms with van der Waals surface area (Å²) >= 11 is 2.96. The molecule has 2 aromatic rings. The average molecular weight is 345 g/mol. The largest absolute Gasteiger partial charge is 0.334 e. The van der Waals surface area contributed by atoms with Crippen molar-refractivity contribution in [2.45, 2.75) is 13.5 Å². The number of hydrogen-bond acceptors (Lipinski definition) is 3. The lowest BCUT2D eigenvalue weighted by atomic mass is 10.1. The molecule has 1 aromatic carbocycles. The number of nitrogens with zero attached hydrogens (tertiary/aromatic N) is 3. The van der Waals surface area contributed by atoms with E-state index in [2.05, 4.69) is 31.1 Å². The molecule has 0 saturated carbocycles. The van der Waals surface area contributed by atoms with Crippen LogP contribution in [0.5, 0.6) is 0 Å². The minimum atomic E-state index is -0.917. The molecular weight excluding hydrogens is 334 g/mol. The molecule has 106 valence electrons. The third kappa shape index (κ3) is 3.01. The number of rotatable bonds is 3.